The van der Waals surface area contributed by atoms with E-state index in [1.807, 2.05) is 32.0 Å². The number of anilines is 4. The standard InChI is InChI=1S/C19H19FN4/c1-12-8-9-16(13(2)10-12)22-18-11-14(3)21-19(24-18)23-17-7-5-4-6-15(17)20/h4-11H,1-3H3,(H2,21,22,23,24). The quantitative estimate of drug-likeness (QED) is 0.707. The van der Waals surface area contributed by atoms with Crippen molar-refractivity contribution in [2.24, 2.45) is 0 Å². The van der Waals surface area contributed by atoms with Crippen molar-refractivity contribution in [2.75, 3.05) is 10.6 Å². The van der Waals surface area contributed by atoms with Crippen LogP contribution in [0.25, 0.3) is 0 Å². The van der Waals surface area contributed by atoms with Crippen LogP contribution in [-0.4, -0.2) is 9.97 Å². The Morgan fingerprint density at radius 1 is 0.833 bits per heavy atom. The van der Waals surface area contributed by atoms with E-state index in [0.29, 0.717) is 17.5 Å². The number of halogens is 1. The van der Waals surface area contributed by atoms with E-state index < -0.39 is 0 Å². The van der Waals surface area contributed by atoms with Gasteiger partial charge >= 0.3 is 0 Å². The van der Waals surface area contributed by atoms with Crippen molar-refractivity contribution in [2.45, 2.75) is 20.8 Å². The molecule has 0 spiro atoms. The predicted octanol–water partition coefficient (Wildman–Crippen LogP) is 5.03. The molecule has 4 nitrogen and oxygen atoms in total. The number of hydrogen-bond donors (Lipinski definition) is 2. The molecule has 0 fully saturated rings. The van der Waals surface area contributed by atoms with E-state index in [0.717, 1.165) is 16.9 Å². The third-order valence-corrected chi connectivity index (χ3v) is 3.62. The van der Waals surface area contributed by atoms with Gasteiger partial charge in [0.2, 0.25) is 5.95 Å². The molecule has 5 heteroatoms. The molecule has 3 aromatic rings. The van der Waals surface area contributed by atoms with E-state index in [4.69, 9.17) is 0 Å². The van der Waals surface area contributed by atoms with Crippen LogP contribution in [0, 0.1) is 26.6 Å². The minimum Gasteiger partial charge on any atom is -0.340 e. The fraction of sp³-hybridized carbons (Fsp3) is 0.158. The molecule has 3 rings (SSSR count). The molecule has 1 heterocycles. The molecule has 0 aliphatic rings. The Morgan fingerprint density at radius 3 is 2.38 bits per heavy atom. The lowest BCUT2D eigenvalue weighted by molar-refractivity contribution is 0.631. The van der Waals surface area contributed by atoms with Gasteiger partial charge in [0.15, 0.2) is 0 Å². The monoisotopic (exact) mass is 322 g/mol. The molecule has 2 aromatic carbocycles. The van der Waals surface area contributed by atoms with Crippen molar-refractivity contribution in [3.63, 3.8) is 0 Å². The minimum atomic E-state index is -0.341. The highest BCUT2D eigenvalue weighted by atomic mass is 19.1. The Balaban J connectivity index is 1.87. The van der Waals surface area contributed by atoms with Gasteiger partial charge in [-0.25, -0.2) is 9.37 Å². The van der Waals surface area contributed by atoms with E-state index >= 15 is 0 Å². The number of aromatic nitrogens is 2. The molecule has 0 saturated heterocycles. The van der Waals surface area contributed by atoms with Crippen molar-refractivity contribution in [3.05, 3.63) is 71.2 Å². The van der Waals surface area contributed by atoms with Gasteiger partial charge in [-0.2, -0.15) is 4.98 Å². The normalized spacial score (nSPS) is 10.5. The van der Waals surface area contributed by atoms with Gasteiger partial charge in [-0.05, 0) is 44.5 Å². The second kappa shape index (κ2) is 6.66. The van der Waals surface area contributed by atoms with Crippen LogP contribution in [-0.2, 0) is 0 Å². The smallest absolute Gasteiger partial charge is 0.229 e. The predicted molar refractivity (Wildman–Crippen MR) is 95.7 cm³/mol. The van der Waals surface area contributed by atoms with Gasteiger partial charge in [0.25, 0.3) is 0 Å². The number of aryl methyl sites for hydroxylation is 3. The molecule has 0 unspecified atom stereocenters. The van der Waals surface area contributed by atoms with Crippen molar-refractivity contribution in [3.8, 4) is 0 Å². The molecule has 1 aromatic heterocycles. The largest absolute Gasteiger partial charge is 0.340 e. The van der Waals surface area contributed by atoms with E-state index in [-0.39, 0.29) is 5.82 Å². The molecule has 0 amide bonds. The second-order valence-corrected chi connectivity index (χ2v) is 5.77. The zero-order valence-electron chi connectivity index (χ0n) is 13.9. The molecule has 0 radical (unpaired) electrons. The van der Waals surface area contributed by atoms with Gasteiger partial charge in [0, 0.05) is 17.4 Å². The number of benzene rings is 2. The van der Waals surface area contributed by atoms with Gasteiger partial charge in [0.1, 0.15) is 11.6 Å². The third kappa shape index (κ3) is 3.68. The van der Waals surface area contributed by atoms with E-state index in [1.54, 1.807) is 18.2 Å². The fourth-order valence-electron chi connectivity index (χ4n) is 2.46. The Labute approximate surface area is 140 Å². The molecular weight excluding hydrogens is 303 g/mol. The van der Waals surface area contributed by atoms with Crippen LogP contribution in [0.2, 0.25) is 0 Å². The van der Waals surface area contributed by atoms with Crippen LogP contribution in [0.4, 0.5) is 27.5 Å². The summed E-state index contributed by atoms with van der Waals surface area (Å²) < 4.78 is 13.8. The molecule has 0 bridgehead atoms. The summed E-state index contributed by atoms with van der Waals surface area (Å²) in [5, 5.41) is 6.22. The fourth-order valence-corrected chi connectivity index (χ4v) is 2.46. The molecule has 0 aliphatic carbocycles. The number of para-hydroxylation sites is 1. The average molecular weight is 322 g/mol. The van der Waals surface area contributed by atoms with E-state index in [2.05, 4.69) is 33.6 Å². The summed E-state index contributed by atoms with van der Waals surface area (Å²) in [7, 11) is 0. The summed E-state index contributed by atoms with van der Waals surface area (Å²) >= 11 is 0. The summed E-state index contributed by atoms with van der Waals surface area (Å²) in [5.41, 5.74) is 4.46. The maximum atomic E-state index is 13.8. The van der Waals surface area contributed by atoms with Gasteiger partial charge in [0.05, 0.1) is 5.69 Å². The lowest BCUT2D eigenvalue weighted by Gasteiger charge is -2.12. The summed E-state index contributed by atoms with van der Waals surface area (Å²) in [5.74, 6) is 0.673. The number of nitrogens with one attached hydrogen (secondary N) is 2. The van der Waals surface area contributed by atoms with Crippen LogP contribution < -0.4 is 10.6 Å². The maximum Gasteiger partial charge on any atom is 0.229 e. The molecule has 24 heavy (non-hydrogen) atoms. The van der Waals surface area contributed by atoms with E-state index in [1.165, 1.54) is 11.6 Å². The Morgan fingerprint density at radius 2 is 1.62 bits per heavy atom. The summed E-state index contributed by atoms with van der Waals surface area (Å²) in [6.45, 7) is 5.98. The first-order valence-electron chi connectivity index (χ1n) is 7.73. The van der Waals surface area contributed by atoms with Crippen molar-refractivity contribution >= 4 is 23.1 Å². The third-order valence-electron chi connectivity index (χ3n) is 3.62. The molecule has 122 valence electrons. The highest BCUT2D eigenvalue weighted by Crippen LogP contribution is 2.23. The summed E-state index contributed by atoms with van der Waals surface area (Å²) in [6.07, 6.45) is 0. The first-order chi connectivity index (χ1) is 11.5. The molecule has 0 saturated carbocycles. The van der Waals surface area contributed by atoms with Gasteiger partial charge in [-0.15, -0.1) is 0 Å². The first-order valence-corrected chi connectivity index (χ1v) is 7.73. The average Bonchev–Trinajstić information content (AvgIpc) is 2.52. The highest BCUT2D eigenvalue weighted by Gasteiger charge is 2.07. The number of hydrogen-bond acceptors (Lipinski definition) is 4. The van der Waals surface area contributed by atoms with Crippen LogP contribution >= 0.6 is 0 Å². The van der Waals surface area contributed by atoms with Gasteiger partial charge in [-0.1, -0.05) is 29.8 Å². The zero-order chi connectivity index (χ0) is 17.1. The molecule has 0 aliphatic heterocycles. The maximum absolute atomic E-state index is 13.8. The summed E-state index contributed by atoms with van der Waals surface area (Å²) in [4.78, 5) is 8.75. The Hall–Kier alpha value is -2.95. The number of rotatable bonds is 4. The summed E-state index contributed by atoms with van der Waals surface area (Å²) in [6, 6.07) is 14.5. The van der Waals surface area contributed by atoms with Crippen molar-refractivity contribution in [1.29, 1.82) is 0 Å². The molecular formula is C19H19FN4. The topological polar surface area (TPSA) is 49.8 Å². The lowest BCUT2D eigenvalue weighted by Crippen LogP contribution is -2.04. The first kappa shape index (κ1) is 15.9. The van der Waals surface area contributed by atoms with Crippen molar-refractivity contribution in [1.82, 2.24) is 9.97 Å². The van der Waals surface area contributed by atoms with Crippen molar-refractivity contribution < 1.29 is 4.39 Å². The molecule has 0 atom stereocenters. The Bertz CT molecular complexity index is 877. The molecule has 2 N–H and O–H groups in total. The number of nitrogens with zero attached hydrogens (tertiary/aromatic N) is 2. The SMILES string of the molecule is Cc1ccc(Nc2cc(C)nc(Nc3ccccc3F)n2)c(C)c1. The van der Waals surface area contributed by atoms with Crippen LogP contribution in [0.1, 0.15) is 16.8 Å². The highest BCUT2D eigenvalue weighted by molar-refractivity contribution is 5.63. The second-order valence-electron chi connectivity index (χ2n) is 5.77. The van der Waals surface area contributed by atoms with Crippen LogP contribution in [0.15, 0.2) is 48.5 Å². The van der Waals surface area contributed by atoms with E-state index in [9.17, 15) is 4.39 Å². The van der Waals surface area contributed by atoms with Crippen LogP contribution in [0.5, 0.6) is 0 Å². The zero-order valence-corrected chi connectivity index (χ0v) is 13.9. The van der Waals surface area contributed by atoms with Gasteiger partial charge < -0.3 is 10.6 Å². The minimum absolute atomic E-state index is 0.341. The van der Waals surface area contributed by atoms with Gasteiger partial charge in [-0.3, -0.25) is 0 Å². The van der Waals surface area contributed by atoms with Crippen LogP contribution in [0.3, 0.4) is 0 Å². The Kier molecular flexibility index (Phi) is 4.42. The lowest BCUT2D eigenvalue weighted by atomic mass is 10.1.